The van der Waals surface area contributed by atoms with Crippen molar-refractivity contribution < 1.29 is 4.74 Å². The van der Waals surface area contributed by atoms with Crippen LogP contribution >= 0.6 is 11.5 Å². The van der Waals surface area contributed by atoms with E-state index < -0.39 is 0 Å². The Balaban J connectivity index is 2.24. The Kier molecular flexibility index (Phi) is 6.14. The van der Waals surface area contributed by atoms with Crippen LogP contribution in [0.15, 0.2) is 24.3 Å². The van der Waals surface area contributed by atoms with Crippen LogP contribution in [0, 0.1) is 0 Å². The van der Waals surface area contributed by atoms with Gasteiger partial charge in [-0.3, -0.25) is 0 Å². The summed E-state index contributed by atoms with van der Waals surface area (Å²) in [5, 5.41) is 7.87. The summed E-state index contributed by atoms with van der Waals surface area (Å²) >= 11 is 1.50. The second-order valence-electron chi connectivity index (χ2n) is 4.96. The zero-order chi connectivity index (χ0) is 15.1. The van der Waals surface area contributed by atoms with E-state index in [-0.39, 0.29) is 6.04 Å². The third-order valence-corrected chi connectivity index (χ3v) is 4.37. The van der Waals surface area contributed by atoms with Gasteiger partial charge in [-0.1, -0.05) is 36.5 Å². The van der Waals surface area contributed by atoms with Crippen LogP contribution in [0.1, 0.15) is 42.4 Å². The van der Waals surface area contributed by atoms with E-state index in [1.165, 1.54) is 22.0 Å². The van der Waals surface area contributed by atoms with Crippen LogP contribution in [0.3, 0.4) is 0 Å². The molecule has 0 aliphatic heterocycles. The van der Waals surface area contributed by atoms with Crippen LogP contribution in [-0.2, 0) is 12.8 Å². The number of nitrogens with one attached hydrogen (secondary N) is 1. The van der Waals surface area contributed by atoms with Gasteiger partial charge in [0.05, 0.1) is 17.7 Å². The van der Waals surface area contributed by atoms with Crippen molar-refractivity contribution in [3.63, 3.8) is 0 Å². The summed E-state index contributed by atoms with van der Waals surface area (Å²) in [6.45, 7) is 5.29. The molecule has 2 rings (SSSR count). The quantitative estimate of drug-likeness (QED) is 0.812. The average Bonchev–Trinajstić information content (AvgIpc) is 3.00. The van der Waals surface area contributed by atoms with Gasteiger partial charge in [-0.2, -0.15) is 0 Å². The van der Waals surface area contributed by atoms with Gasteiger partial charge in [0.1, 0.15) is 5.75 Å². The Hall–Kier alpha value is -1.46. The van der Waals surface area contributed by atoms with Crippen LogP contribution in [0.25, 0.3) is 0 Å². The molecule has 1 unspecified atom stereocenters. The largest absolute Gasteiger partial charge is 0.496 e. The number of benzene rings is 1. The van der Waals surface area contributed by atoms with E-state index in [1.807, 2.05) is 12.1 Å². The van der Waals surface area contributed by atoms with Gasteiger partial charge in [0, 0.05) is 6.04 Å². The van der Waals surface area contributed by atoms with Crippen molar-refractivity contribution >= 4 is 11.5 Å². The van der Waals surface area contributed by atoms with Crippen molar-refractivity contribution in [3.05, 3.63) is 40.4 Å². The molecular weight excluding hydrogens is 282 g/mol. The van der Waals surface area contributed by atoms with E-state index in [1.54, 1.807) is 7.11 Å². The lowest BCUT2D eigenvalue weighted by molar-refractivity contribution is 0.405. The molecule has 0 bridgehead atoms. The third-order valence-electron chi connectivity index (χ3n) is 3.49. The Labute approximate surface area is 130 Å². The van der Waals surface area contributed by atoms with E-state index in [0.29, 0.717) is 0 Å². The van der Waals surface area contributed by atoms with Gasteiger partial charge in [0.25, 0.3) is 0 Å². The molecule has 1 atom stereocenters. The zero-order valence-electron chi connectivity index (χ0n) is 12.9. The maximum atomic E-state index is 5.47. The number of aryl methyl sites for hydroxylation is 1. The summed E-state index contributed by atoms with van der Waals surface area (Å²) in [5.41, 5.74) is 2.31. The van der Waals surface area contributed by atoms with Crippen molar-refractivity contribution in [2.75, 3.05) is 13.7 Å². The molecule has 0 amide bonds. The first kappa shape index (κ1) is 15.9. The smallest absolute Gasteiger partial charge is 0.122 e. The fourth-order valence-electron chi connectivity index (χ4n) is 2.39. The average molecular weight is 305 g/mol. The topological polar surface area (TPSA) is 47.0 Å². The summed E-state index contributed by atoms with van der Waals surface area (Å²) in [4.78, 5) is 1.25. The molecule has 1 N–H and O–H groups in total. The van der Waals surface area contributed by atoms with Crippen molar-refractivity contribution in [3.8, 4) is 5.75 Å². The molecule has 1 heterocycles. The number of hydrogen-bond acceptors (Lipinski definition) is 5. The van der Waals surface area contributed by atoms with E-state index in [4.69, 9.17) is 4.74 Å². The van der Waals surface area contributed by atoms with Crippen LogP contribution in [0.2, 0.25) is 0 Å². The Morgan fingerprint density at radius 3 is 2.81 bits per heavy atom. The number of ether oxygens (including phenoxy) is 1. The SMILES string of the molecule is CCCNC(Cc1ccccc1OC)c1snnc1CC. The highest BCUT2D eigenvalue weighted by Crippen LogP contribution is 2.28. The minimum atomic E-state index is 0.246. The molecule has 114 valence electrons. The summed E-state index contributed by atoms with van der Waals surface area (Å²) in [5.74, 6) is 0.941. The van der Waals surface area contributed by atoms with Crippen LogP contribution in [0.5, 0.6) is 5.75 Å². The Morgan fingerprint density at radius 2 is 2.10 bits per heavy atom. The standard InChI is InChI=1S/C16H23N3OS/c1-4-10-17-14(16-13(5-2)18-19-21-16)11-12-8-6-7-9-15(12)20-3/h6-9,14,17H,4-5,10-11H2,1-3H3. The molecule has 0 radical (unpaired) electrons. The molecule has 0 aliphatic rings. The summed E-state index contributed by atoms with van der Waals surface area (Å²) in [7, 11) is 1.72. The minimum absolute atomic E-state index is 0.246. The lowest BCUT2D eigenvalue weighted by Gasteiger charge is -2.19. The van der Waals surface area contributed by atoms with E-state index in [2.05, 4.69) is 40.9 Å². The van der Waals surface area contributed by atoms with Gasteiger partial charge in [-0.25, -0.2) is 0 Å². The van der Waals surface area contributed by atoms with Gasteiger partial charge in [0.2, 0.25) is 0 Å². The minimum Gasteiger partial charge on any atom is -0.496 e. The highest BCUT2D eigenvalue weighted by molar-refractivity contribution is 7.05. The molecule has 5 heteroatoms. The highest BCUT2D eigenvalue weighted by Gasteiger charge is 2.19. The fraction of sp³-hybridized carbons (Fsp3) is 0.500. The summed E-state index contributed by atoms with van der Waals surface area (Å²) in [6.07, 6.45) is 2.92. The first-order chi connectivity index (χ1) is 10.3. The van der Waals surface area contributed by atoms with Gasteiger partial charge >= 0.3 is 0 Å². The van der Waals surface area contributed by atoms with Crippen LogP contribution in [-0.4, -0.2) is 23.2 Å². The van der Waals surface area contributed by atoms with Gasteiger partial charge in [-0.15, -0.1) is 5.10 Å². The normalized spacial score (nSPS) is 12.3. The van der Waals surface area contributed by atoms with Gasteiger partial charge < -0.3 is 10.1 Å². The van der Waals surface area contributed by atoms with Crippen molar-refractivity contribution in [2.45, 2.75) is 39.2 Å². The molecule has 2 aromatic rings. The molecule has 0 aliphatic carbocycles. The molecular formula is C16H23N3OS. The highest BCUT2D eigenvalue weighted by atomic mass is 32.1. The molecule has 0 fully saturated rings. The summed E-state index contributed by atoms with van der Waals surface area (Å²) < 4.78 is 9.60. The predicted molar refractivity (Wildman–Crippen MR) is 87.0 cm³/mol. The lowest BCUT2D eigenvalue weighted by Crippen LogP contribution is -2.24. The number of hydrogen-bond donors (Lipinski definition) is 1. The number of para-hydroxylation sites is 1. The molecule has 0 spiro atoms. The predicted octanol–water partition coefficient (Wildman–Crippen LogP) is 3.39. The first-order valence-electron chi connectivity index (χ1n) is 7.46. The van der Waals surface area contributed by atoms with Gasteiger partial charge in [-0.05, 0) is 49.0 Å². The van der Waals surface area contributed by atoms with Crippen molar-refractivity contribution in [2.24, 2.45) is 0 Å². The van der Waals surface area contributed by atoms with E-state index in [0.717, 1.165) is 37.3 Å². The molecule has 1 aromatic carbocycles. The maximum Gasteiger partial charge on any atom is 0.122 e. The lowest BCUT2D eigenvalue weighted by atomic mass is 10.0. The van der Waals surface area contributed by atoms with Crippen LogP contribution < -0.4 is 10.1 Å². The summed E-state index contributed by atoms with van der Waals surface area (Å²) in [6, 6.07) is 8.44. The Bertz CT molecular complexity index is 556. The number of rotatable bonds is 8. The Morgan fingerprint density at radius 1 is 1.29 bits per heavy atom. The molecule has 0 saturated carbocycles. The van der Waals surface area contributed by atoms with Gasteiger partial charge in [0.15, 0.2) is 0 Å². The van der Waals surface area contributed by atoms with Crippen molar-refractivity contribution in [1.29, 1.82) is 0 Å². The molecule has 1 aromatic heterocycles. The molecule has 0 saturated heterocycles. The second-order valence-corrected chi connectivity index (χ2v) is 5.75. The monoisotopic (exact) mass is 305 g/mol. The number of methoxy groups -OCH3 is 1. The number of nitrogens with zero attached hydrogens (tertiary/aromatic N) is 2. The zero-order valence-corrected chi connectivity index (χ0v) is 13.7. The third kappa shape index (κ3) is 4.02. The first-order valence-corrected chi connectivity index (χ1v) is 8.23. The van der Waals surface area contributed by atoms with E-state index >= 15 is 0 Å². The molecule has 21 heavy (non-hydrogen) atoms. The van der Waals surface area contributed by atoms with E-state index in [9.17, 15) is 0 Å². The molecule has 4 nitrogen and oxygen atoms in total. The second kappa shape index (κ2) is 8.10. The maximum absolute atomic E-state index is 5.47. The van der Waals surface area contributed by atoms with Crippen molar-refractivity contribution in [1.82, 2.24) is 14.9 Å². The number of aromatic nitrogens is 2. The van der Waals surface area contributed by atoms with Crippen LogP contribution in [0.4, 0.5) is 0 Å². The fourth-order valence-corrected chi connectivity index (χ4v) is 3.20.